The summed E-state index contributed by atoms with van der Waals surface area (Å²) in [5, 5.41) is 0. The Kier molecular flexibility index (Phi) is 4.40. The Morgan fingerprint density at radius 1 is 1.25 bits per heavy atom. The smallest absolute Gasteiger partial charge is 0.0589 e. The number of nitrogens with zero attached hydrogens (tertiary/aromatic N) is 1. The molecule has 0 amide bonds. The molecule has 5 atom stereocenters. The second kappa shape index (κ2) is 5.94. The predicted octanol–water partition coefficient (Wildman–Crippen LogP) is 2.64. The minimum absolute atomic E-state index is 0.195. The summed E-state index contributed by atoms with van der Waals surface area (Å²) in [6, 6.07) is 0. The second-order valence-corrected chi connectivity index (χ2v) is 7.70. The average molecular weight is 280 g/mol. The van der Waals surface area contributed by atoms with Crippen molar-refractivity contribution in [2.75, 3.05) is 27.2 Å². The highest BCUT2D eigenvalue weighted by molar-refractivity contribution is 4.98. The molecule has 3 aliphatic rings. The van der Waals surface area contributed by atoms with E-state index < -0.39 is 0 Å². The summed E-state index contributed by atoms with van der Waals surface area (Å²) >= 11 is 0. The largest absolute Gasteiger partial charge is 0.381 e. The Bertz CT molecular complexity index is 335. The minimum atomic E-state index is 0.195. The topological polar surface area (TPSA) is 38.5 Å². The van der Waals surface area contributed by atoms with Gasteiger partial charge < -0.3 is 10.5 Å². The van der Waals surface area contributed by atoms with E-state index in [9.17, 15) is 0 Å². The maximum atomic E-state index is 6.21. The summed E-state index contributed by atoms with van der Waals surface area (Å²) in [5.74, 6) is 2.99. The van der Waals surface area contributed by atoms with Gasteiger partial charge >= 0.3 is 0 Å². The van der Waals surface area contributed by atoms with Crippen molar-refractivity contribution in [3.8, 4) is 0 Å². The highest BCUT2D eigenvalue weighted by Gasteiger charge is 2.44. The van der Waals surface area contributed by atoms with Gasteiger partial charge in [-0.15, -0.1) is 0 Å². The third-order valence-electron chi connectivity index (χ3n) is 6.69. The molecule has 0 radical (unpaired) electrons. The molecule has 2 N–H and O–H groups in total. The zero-order chi connectivity index (χ0) is 14.2. The van der Waals surface area contributed by atoms with Crippen molar-refractivity contribution in [1.29, 1.82) is 0 Å². The first-order valence-corrected chi connectivity index (χ1v) is 8.61. The number of fused-ring (bicyclic) bond motifs is 2. The lowest BCUT2D eigenvalue weighted by molar-refractivity contribution is -0.0195. The summed E-state index contributed by atoms with van der Waals surface area (Å²) in [7, 11) is 4.17. The van der Waals surface area contributed by atoms with Crippen LogP contribution in [-0.2, 0) is 4.74 Å². The Morgan fingerprint density at radius 3 is 2.70 bits per heavy atom. The maximum Gasteiger partial charge on any atom is 0.0589 e. The van der Waals surface area contributed by atoms with Gasteiger partial charge in [-0.25, -0.2) is 0 Å². The summed E-state index contributed by atoms with van der Waals surface area (Å²) in [5.41, 5.74) is 6.40. The van der Waals surface area contributed by atoms with E-state index in [1.807, 2.05) is 7.11 Å². The van der Waals surface area contributed by atoms with Crippen molar-refractivity contribution in [2.24, 2.45) is 23.5 Å². The molecule has 0 aromatic rings. The van der Waals surface area contributed by atoms with Crippen LogP contribution in [-0.4, -0.2) is 43.8 Å². The van der Waals surface area contributed by atoms with Crippen LogP contribution in [0.1, 0.15) is 51.4 Å². The molecular weight excluding hydrogens is 248 g/mol. The van der Waals surface area contributed by atoms with Crippen molar-refractivity contribution >= 4 is 0 Å². The van der Waals surface area contributed by atoms with Gasteiger partial charge in [-0.2, -0.15) is 0 Å². The SMILES string of the molecule is COC1CCCC(CN)(N(C)CC2CC3CCC2C3)C1. The molecule has 5 unspecified atom stereocenters. The fraction of sp³-hybridized carbons (Fsp3) is 1.00. The number of methoxy groups -OCH3 is 1. The van der Waals surface area contributed by atoms with Crippen molar-refractivity contribution in [1.82, 2.24) is 4.90 Å². The second-order valence-electron chi connectivity index (χ2n) is 7.70. The molecule has 0 aromatic carbocycles. The molecule has 0 heterocycles. The van der Waals surface area contributed by atoms with Gasteiger partial charge in [0.1, 0.15) is 0 Å². The Labute approximate surface area is 124 Å². The average Bonchev–Trinajstić information content (AvgIpc) is 3.09. The van der Waals surface area contributed by atoms with E-state index in [2.05, 4.69) is 11.9 Å². The predicted molar refractivity (Wildman–Crippen MR) is 82.6 cm³/mol. The molecule has 3 rings (SSSR count). The number of likely N-dealkylation sites (N-methyl/N-ethyl adjacent to an activating group) is 1. The summed E-state index contributed by atoms with van der Waals surface area (Å²) in [6.07, 6.45) is 11.2. The van der Waals surface area contributed by atoms with Crippen molar-refractivity contribution in [3.63, 3.8) is 0 Å². The third-order valence-corrected chi connectivity index (χ3v) is 6.69. The summed E-state index contributed by atoms with van der Waals surface area (Å²) in [4.78, 5) is 2.61. The Hall–Kier alpha value is -0.120. The lowest BCUT2D eigenvalue weighted by Crippen LogP contribution is -2.57. The molecule has 0 aliphatic heterocycles. The quantitative estimate of drug-likeness (QED) is 0.841. The van der Waals surface area contributed by atoms with E-state index in [1.165, 1.54) is 51.5 Å². The zero-order valence-corrected chi connectivity index (χ0v) is 13.3. The molecule has 3 nitrogen and oxygen atoms in total. The number of hydrogen-bond donors (Lipinski definition) is 1. The first kappa shape index (κ1) is 14.8. The molecular formula is C17H32N2O. The minimum Gasteiger partial charge on any atom is -0.381 e. The van der Waals surface area contributed by atoms with Crippen LogP contribution >= 0.6 is 0 Å². The molecule has 2 bridgehead atoms. The van der Waals surface area contributed by atoms with Gasteiger partial charge in [-0.05, 0) is 69.7 Å². The number of ether oxygens (including phenoxy) is 1. The van der Waals surface area contributed by atoms with Crippen LogP contribution in [0, 0.1) is 17.8 Å². The van der Waals surface area contributed by atoms with Crippen molar-refractivity contribution in [2.45, 2.75) is 63.0 Å². The monoisotopic (exact) mass is 280 g/mol. The summed E-state index contributed by atoms with van der Waals surface area (Å²) < 4.78 is 5.64. The van der Waals surface area contributed by atoms with Gasteiger partial charge in [0.2, 0.25) is 0 Å². The Morgan fingerprint density at radius 2 is 2.10 bits per heavy atom. The molecule has 20 heavy (non-hydrogen) atoms. The van der Waals surface area contributed by atoms with E-state index in [4.69, 9.17) is 10.5 Å². The highest BCUT2D eigenvalue weighted by Crippen LogP contribution is 2.49. The zero-order valence-electron chi connectivity index (χ0n) is 13.3. The van der Waals surface area contributed by atoms with Crippen LogP contribution in [0.15, 0.2) is 0 Å². The van der Waals surface area contributed by atoms with Crippen LogP contribution in [0.25, 0.3) is 0 Å². The van der Waals surface area contributed by atoms with E-state index in [0.717, 1.165) is 30.7 Å². The van der Waals surface area contributed by atoms with Gasteiger partial charge in [0.05, 0.1) is 6.10 Å². The molecule has 116 valence electrons. The van der Waals surface area contributed by atoms with Crippen molar-refractivity contribution < 1.29 is 4.74 Å². The number of hydrogen-bond acceptors (Lipinski definition) is 3. The van der Waals surface area contributed by atoms with Gasteiger partial charge in [-0.1, -0.05) is 6.42 Å². The fourth-order valence-corrected chi connectivity index (χ4v) is 5.32. The molecule has 0 spiro atoms. The maximum absolute atomic E-state index is 6.21. The lowest BCUT2D eigenvalue weighted by Gasteiger charge is -2.47. The van der Waals surface area contributed by atoms with Crippen LogP contribution in [0.4, 0.5) is 0 Å². The molecule has 3 heteroatoms. The number of nitrogens with two attached hydrogens (primary N) is 1. The lowest BCUT2D eigenvalue weighted by atomic mass is 9.77. The van der Waals surface area contributed by atoms with Gasteiger partial charge in [0, 0.05) is 25.7 Å². The van der Waals surface area contributed by atoms with E-state index in [1.54, 1.807) is 0 Å². The molecule has 3 fully saturated rings. The van der Waals surface area contributed by atoms with Gasteiger partial charge in [0.25, 0.3) is 0 Å². The van der Waals surface area contributed by atoms with E-state index in [-0.39, 0.29) is 5.54 Å². The molecule has 3 saturated carbocycles. The van der Waals surface area contributed by atoms with Gasteiger partial charge in [-0.3, -0.25) is 4.90 Å². The normalized spacial score (nSPS) is 44.4. The standard InChI is InChI=1S/C17H32N2O/c1-19(11-15-9-13-5-6-14(15)8-13)17(12-18)7-3-4-16(10-17)20-2/h13-16H,3-12,18H2,1-2H3. The molecule has 0 aromatic heterocycles. The molecule has 3 aliphatic carbocycles. The first-order chi connectivity index (χ1) is 9.66. The van der Waals surface area contributed by atoms with Crippen LogP contribution in [0.3, 0.4) is 0 Å². The van der Waals surface area contributed by atoms with E-state index >= 15 is 0 Å². The number of rotatable bonds is 5. The van der Waals surface area contributed by atoms with E-state index in [0.29, 0.717) is 6.10 Å². The van der Waals surface area contributed by atoms with Crippen molar-refractivity contribution in [3.05, 3.63) is 0 Å². The van der Waals surface area contributed by atoms with Gasteiger partial charge in [0.15, 0.2) is 0 Å². The van der Waals surface area contributed by atoms with Crippen LogP contribution in [0.2, 0.25) is 0 Å². The molecule has 0 saturated heterocycles. The fourth-order valence-electron chi connectivity index (χ4n) is 5.32. The summed E-state index contributed by atoms with van der Waals surface area (Å²) in [6.45, 7) is 2.04. The third kappa shape index (κ3) is 2.65. The first-order valence-electron chi connectivity index (χ1n) is 8.61. The van der Waals surface area contributed by atoms with Crippen LogP contribution in [0.5, 0.6) is 0 Å². The Balaban J connectivity index is 1.63. The van der Waals surface area contributed by atoms with Crippen LogP contribution < -0.4 is 5.73 Å². The highest BCUT2D eigenvalue weighted by atomic mass is 16.5.